The number of rotatable bonds is 2. The molecule has 1 fully saturated rings. The molecule has 0 spiro atoms. The molecule has 2 rings (SSSR count). The van der Waals surface area contributed by atoms with Crippen LogP contribution in [-0.2, 0) is 10.0 Å². The Morgan fingerprint density at radius 1 is 1.39 bits per heavy atom. The zero-order valence-corrected chi connectivity index (χ0v) is 10.9. The van der Waals surface area contributed by atoms with E-state index in [0.29, 0.717) is 6.42 Å². The molecule has 1 saturated heterocycles. The Morgan fingerprint density at radius 3 is 2.67 bits per heavy atom. The summed E-state index contributed by atoms with van der Waals surface area (Å²) >= 11 is 0. The predicted molar refractivity (Wildman–Crippen MR) is 64.9 cm³/mol. The van der Waals surface area contributed by atoms with E-state index in [4.69, 9.17) is 0 Å². The van der Waals surface area contributed by atoms with E-state index >= 15 is 0 Å². The summed E-state index contributed by atoms with van der Waals surface area (Å²) in [5.74, 6) is -0.878. The lowest BCUT2D eigenvalue weighted by molar-refractivity contribution is 0.0628. The van der Waals surface area contributed by atoms with Gasteiger partial charge in [0, 0.05) is 13.1 Å². The van der Waals surface area contributed by atoms with Crippen molar-refractivity contribution in [3.8, 4) is 0 Å². The molecule has 1 heterocycles. The summed E-state index contributed by atoms with van der Waals surface area (Å²) in [6, 6.07) is 5.35. The highest BCUT2D eigenvalue weighted by Gasteiger charge is 2.33. The number of benzene rings is 1. The fraction of sp³-hybridized carbons (Fsp3) is 0.500. The molecule has 2 unspecified atom stereocenters. The van der Waals surface area contributed by atoms with Gasteiger partial charge in [0.1, 0.15) is 10.7 Å². The normalized spacial score (nSPS) is 26.2. The van der Waals surface area contributed by atoms with E-state index in [2.05, 4.69) is 0 Å². The second-order valence-corrected chi connectivity index (χ2v) is 6.53. The number of sulfonamides is 1. The lowest BCUT2D eigenvalue weighted by Crippen LogP contribution is -2.45. The standard InChI is InChI=1S/C12H16FNO3S/c1-9-8-14(7-6-11(9)15)18(16,17)12-5-3-2-4-10(12)13/h2-5,9,11,15H,6-8H2,1H3. The van der Waals surface area contributed by atoms with Crippen molar-refractivity contribution in [3.05, 3.63) is 30.1 Å². The third-order valence-electron chi connectivity index (χ3n) is 3.28. The van der Waals surface area contributed by atoms with Crippen LogP contribution in [0.4, 0.5) is 4.39 Å². The predicted octanol–water partition coefficient (Wildman–Crippen LogP) is 1.22. The minimum Gasteiger partial charge on any atom is -0.393 e. The lowest BCUT2D eigenvalue weighted by atomic mass is 9.99. The molecule has 0 aromatic heterocycles. The van der Waals surface area contributed by atoms with Gasteiger partial charge in [-0.2, -0.15) is 4.31 Å². The van der Waals surface area contributed by atoms with Crippen LogP contribution in [0.15, 0.2) is 29.2 Å². The first kappa shape index (κ1) is 13.5. The fourth-order valence-corrected chi connectivity index (χ4v) is 3.73. The van der Waals surface area contributed by atoms with Crippen LogP contribution in [0, 0.1) is 11.7 Å². The molecule has 0 saturated carbocycles. The van der Waals surface area contributed by atoms with Crippen LogP contribution in [0.5, 0.6) is 0 Å². The van der Waals surface area contributed by atoms with Gasteiger partial charge in [0.15, 0.2) is 0 Å². The molecule has 4 nitrogen and oxygen atoms in total. The molecule has 1 aliphatic rings. The Hall–Kier alpha value is -0.980. The molecule has 0 aliphatic carbocycles. The summed E-state index contributed by atoms with van der Waals surface area (Å²) < 4.78 is 39.3. The molecule has 100 valence electrons. The van der Waals surface area contributed by atoms with E-state index in [1.54, 1.807) is 6.92 Å². The largest absolute Gasteiger partial charge is 0.393 e. The Kier molecular flexibility index (Phi) is 3.70. The van der Waals surface area contributed by atoms with Crippen molar-refractivity contribution in [1.82, 2.24) is 4.31 Å². The van der Waals surface area contributed by atoms with Gasteiger partial charge in [0.05, 0.1) is 6.10 Å². The summed E-state index contributed by atoms with van der Waals surface area (Å²) in [6.45, 7) is 2.23. The topological polar surface area (TPSA) is 57.6 Å². The molecular weight excluding hydrogens is 257 g/mol. The van der Waals surface area contributed by atoms with Crippen LogP contribution < -0.4 is 0 Å². The van der Waals surface area contributed by atoms with Crippen LogP contribution in [-0.4, -0.2) is 37.0 Å². The van der Waals surface area contributed by atoms with E-state index in [1.807, 2.05) is 0 Å². The maximum Gasteiger partial charge on any atom is 0.245 e. The van der Waals surface area contributed by atoms with E-state index in [1.165, 1.54) is 22.5 Å². The third-order valence-corrected chi connectivity index (χ3v) is 5.18. The quantitative estimate of drug-likeness (QED) is 0.881. The van der Waals surface area contributed by atoms with E-state index < -0.39 is 21.9 Å². The van der Waals surface area contributed by atoms with Crippen LogP contribution in [0.3, 0.4) is 0 Å². The first-order valence-electron chi connectivity index (χ1n) is 5.85. The van der Waals surface area contributed by atoms with Crippen molar-refractivity contribution in [2.75, 3.05) is 13.1 Å². The first-order chi connectivity index (χ1) is 8.43. The smallest absolute Gasteiger partial charge is 0.245 e. The summed E-state index contributed by atoms with van der Waals surface area (Å²) in [7, 11) is -3.80. The molecule has 0 radical (unpaired) electrons. The van der Waals surface area contributed by atoms with Crippen LogP contribution in [0.25, 0.3) is 0 Å². The zero-order chi connectivity index (χ0) is 13.3. The Morgan fingerprint density at radius 2 is 2.06 bits per heavy atom. The van der Waals surface area contributed by atoms with Crippen LogP contribution in [0.1, 0.15) is 13.3 Å². The SMILES string of the molecule is CC1CN(S(=O)(=O)c2ccccc2F)CCC1O. The van der Waals surface area contributed by atoms with Gasteiger partial charge in [0.25, 0.3) is 0 Å². The highest BCUT2D eigenvalue weighted by Crippen LogP contribution is 2.25. The Bertz CT molecular complexity index is 532. The number of halogens is 1. The molecule has 2 atom stereocenters. The maximum atomic E-state index is 13.6. The molecule has 18 heavy (non-hydrogen) atoms. The van der Waals surface area contributed by atoms with Gasteiger partial charge in [0.2, 0.25) is 10.0 Å². The van der Waals surface area contributed by atoms with Gasteiger partial charge in [-0.1, -0.05) is 19.1 Å². The lowest BCUT2D eigenvalue weighted by Gasteiger charge is -2.33. The number of nitrogens with zero attached hydrogens (tertiary/aromatic N) is 1. The van der Waals surface area contributed by atoms with Crippen molar-refractivity contribution >= 4 is 10.0 Å². The van der Waals surface area contributed by atoms with Gasteiger partial charge in [-0.3, -0.25) is 0 Å². The van der Waals surface area contributed by atoms with Gasteiger partial charge < -0.3 is 5.11 Å². The number of hydrogen-bond acceptors (Lipinski definition) is 3. The molecule has 1 aromatic carbocycles. The van der Waals surface area contributed by atoms with E-state index in [-0.39, 0.29) is 23.9 Å². The minimum atomic E-state index is -3.80. The molecular formula is C12H16FNO3S. The Balaban J connectivity index is 2.30. The van der Waals surface area contributed by atoms with Crippen molar-refractivity contribution in [1.29, 1.82) is 0 Å². The van der Waals surface area contributed by atoms with Crippen molar-refractivity contribution in [2.24, 2.45) is 5.92 Å². The van der Waals surface area contributed by atoms with Gasteiger partial charge >= 0.3 is 0 Å². The Labute approximate surface area is 106 Å². The molecule has 1 N–H and O–H groups in total. The molecule has 1 aliphatic heterocycles. The van der Waals surface area contributed by atoms with Crippen molar-refractivity contribution < 1.29 is 17.9 Å². The molecule has 0 bridgehead atoms. The van der Waals surface area contributed by atoms with Gasteiger partial charge in [-0.05, 0) is 24.5 Å². The number of aliphatic hydroxyl groups is 1. The highest BCUT2D eigenvalue weighted by atomic mass is 32.2. The average Bonchev–Trinajstić information content (AvgIpc) is 2.33. The van der Waals surface area contributed by atoms with E-state index in [0.717, 1.165) is 6.07 Å². The zero-order valence-electron chi connectivity index (χ0n) is 10.1. The van der Waals surface area contributed by atoms with Crippen LogP contribution >= 0.6 is 0 Å². The monoisotopic (exact) mass is 273 g/mol. The van der Waals surface area contributed by atoms with Crippen LogP contribution in [0.2, 0.25) is 0 Å². The summed E-state index contributed by atoms with van der Waals surface area (Å²) in [5, 5.41) is 9.59. The number of piperidine rings is 1. The second-order valence-electron chi connectivity index (χ2n) is 4.63. The van der Waals surface area contributed by atoms with Crippen molar-refractivity contribution in [3.63, 3.8) is 0 Å². The highest BCUT2D eigenvalue weighted by molar-refractivity contribution is 7.89. The average molecular weight is 273 g/mol. The minimum absolute atomic E-state index is 0.139. The fourth-order valence-electron chi connectivity index (χ4n) is 2.11. The van der Waals surface area contributed by atoms with Gasteiger partial charge in [-0.15, -0.1) is 0 Å². The first-order valence-corrected chi connectivity index (χ1v) is 7.29. The number of aliphatic hydroxyl groups excluding tert-OH is 1. The third kappa shape index (κ3) is 2.41. The molecule has 1 aromatic rings. The molecule has 6 heteroatoms. The van der Waals surface area contributed by atoms with Crippen molar-refractivity contribution in [2.45, 2.75) is 24.3 Å². The van der Waals surface area contributed by atoms with E-state index in [9.17, 15) is 17.9 Å². The summed E-state index contributed by atoms with van der Waals surface area (Å²) in [5.41, 5.74) is 0. The molecule has 0 amide bonds. The number of hydrogen-bond donors (Lipinski definition) is 1. The summed E-state index contributed by atoms with van der Waals surface area (Å²) in [4.78, 5) is -0.298. The van der Waals surface area contributed by atoms with Gasteiger partial charge in [-0.25, -0.2) is 12.8 Å². The summed E-state index contributed by atoms with van der Waals surface area (Å²) in [6.07, 6.45) is -0.105. The second kappa shape index (κ2) is 4.95. The maximum absolute atomic E-state index is 13.6.